The monoisotopic (exact) mass is 397 g/mol. The van der Waals surface area contributed by atoms with Gasteiger partial charge in [-0.15, -0.1) is 5.10 Å². The van der Waals surface area contributed by atoms with Gasteiger partial charge in [-0.3, -0.25) is 4.90 Å². The number of piperazine rings is 1. The van der Waals surface area contributed by atoms with Crippen LogP contribution < -0.4 is 12.4 Å². The van der Waals surface area contributed by atoms with E-state index in [9.17, 15) is 0 Å². The molecular weight excluding hydrogens is 371 g/mol. The topological polar surface area (TPSA) is 50.1 Å². The summed E-state index contributed by atoms with van der Waals surface area (Å²) in [5.74, 6) is 0.902. The minimum Gasteiger partial charge on any atom is -1.00 e. The third kappa shape index (κ3) is 4.36. The molecule has 0 radical (unpaired) electrons. The van der Waals surface area contributed by atoms with Gasteiger partial charge in [0.2, 0.25) is 0 Å². The van der Waals surface area contributed by atoms with E-state index in [4.69, 9.17) is 11.6 Å². The summed E-state index contributed by atoms with van der Waals surface area (Å²) in [4.78, 5) is 4.82. The summed E-state index contributed by atoms with van der Waals surface area (Å²) in [6.07, 6.45) is 0.959. The van der Waals surface area contributed by atoms with Crippen molar-refractivity contribution in [3.63, 3.8) is 0 Å². The second kappa shape index (κ2) is 8.65. The van der Waals surface area contributed by atoms with Crippen molar-refractivity contribution in [2.75, 3.05) is 33.2 Å². The second-order valence-electron chi connectivity index (χ2n) is 7.41. The number of benzene rings is 1. The number of tetrazole rings is 1. The fourth-order valence-corrected chi connectivity index (χ4v) is 3.32. The van der Waals surface area contributed by atoms with E-state index in [1.165, 1.54) is 5.56 Å². The molecule has 0 spiro atoms. The number of hydrogen-bond donors (Lipinski definition) is 0. The van der Waals surface area contributed by atoms with E-state index in [1.54, 1.807) is 0 Å². The zero-order chi connectivity index (χ0) is 18.0. The molecule has 2 aromatic rings. The number of hydrogen-bond acceptors (Lipinski definition) is 5. The van der Waals surface area contributed by atoms with Gasteiger partial charge in [0.1, 0.15) is 0 Å². The molecule has 1 atom stereocenters. The summed E-state index contributed by atoms with van der Waals surface area (Å²) in [5, 5.41) is 13.5. The maximum Gasteiger partial charge on any atom is 0.173 e. The van der Waals surface area contributed by atoms with Crippen LogP contribution in [0.1, 0.15) is 44.6 Å². The van der Waals surface area contributed by atoms with Crippen LogP contribution in [-0.4, -0.2) is 63.2 Å². The Morgan fingerprint density at radius 2 is 1.73 bits per heavy atom. The van der Waals surface area contributed by atoms with Crippen molar-refractivity contribution in [2.24, 2.45) is 0 Å². The van der Waals surface area contributed by atoms with Crippen molar-refractivity contribution < 1.29 is 12.4 Å². The summed E-state index contributed by atoms with van der Waals surface area (Å²) >= 11 is 6.11. The van der Waals surface area contributed by atoms with Gasteiger partial charge < -0.3 is 17.3 Å². The van der Waals surface area contributed by atoms with E-state index in [-0.39, 0.29) is 24.0 Å². The molecule has 1 aliphatic rings. The van der Waals surface area contributed by atoms with Crippen LogP contribution in [0, 0.1) is 0 Å². The lowest BCUT2D eigenvalue weighted by Gasteiger charge is -2.38. The SMILES string of the molecule is CCC(C)(C)n1nnnc1C(c1ccc(Cl)cc1)N1CCN(C)CC1.[Cl-]. The van der Waals surface area contributed by atoms with Gasteiger partial charge in [0.05, 0.1) is 11.6 Å². The maximum absolute atomic E-state index is 6.11. The standard InChI is InChI=1S/C18H27ClN6.ClH/c1-5-18(2,3)25-17(20-21-22-25)16(14-6-8-15(19)9-7-14)24-12-10-23(4)11-13-24;/h6-9,16H,5,10-13H2,1-4H3;1H/p-1. The first-order valence-electron chi connectivity index (χ1n) is 8.89. The zero-order valence-corrected chi connectivity index (χ0v) is 17.4. The maximum atomic E-state index is 6.11. The molecule has 0 aliphatic carbocycles. The molecule has 8 heteroatoms. The molecule has 2 heterocycles. The van der Waals surface area contributed by atoms with Crippen LogP contribution in [0.2, 0.25) is 5.02 Å². The molecule has 0 N–H and O–H groups in total. The van der Waals surface area contributed by atoms with E-state index in [0.717, 1.165) is 43.4 Å². The zero-order valence-electron chi connectivity index (χ0n) is 15.9. The largest absolute Gasteiger partial charge is 1.00 e. The van der Waals surface area contributed by atoms with Gasteiger partial charge in [-0.1, -0.05) is 30.7 Å². The van der Waals surface area contributed by atoms with E-state index in [1.807, 2.05) is 16.8 Å². The highest BCUT2D eigenvalue weighted by molar-refractivity contribution is 6.30. The van der Waals surface area contributed by atoms with Gasteiger partial charge >= 0.3 is 0 Å². The first kappa shape index (κ1) is 21.1. The van der Waals surface area contributed by atoms with E-state index in [0.29, 0.717) is 0 Å². The number of aromatic nitrogens is 4. The lowest BCUT2D eigenvalue weighted by atomic mass is 9.99. The summed E-state index contributed by atoms with van der Waals surface area (Å²) < 4.78 is 1.99. The first-order valence-corrected chi connectivity index (χ1v) is 9.27. The molecule has 26 heavy (non-hydrogen) atoms. The molecule has 1 aromatic heterocycles. The van der Waals surface area contributed by atoms with Crippen molar-refractivity contribution >= 4 is 11.6 Å². The molecule has 144 valence electrons. The van der Waals surface area contributed by atoms with Gasteiger partial charge in [-0.25, -0.2) is 4.68 Å². The van der Waals surface area contributed by atoms with Crippen molar-refractivity contribution in [3.8, 4) is 0 Å². The number of nitrogens with zero attached hydrogens (tertiary/aromatic N) is 6. The van der Waals surface area contributed by atoms with Gasteiger partial charge in [0.15, 0.2) is 5.82 Å². The Bertz CT molecular complexity index is 692. The molecule has 1 aliphatic heterocycles. The lowest BCUT2D eigenvalue weighted by molar-refractivity contribution is -0.00000587. The highest BCUT2D eigenvalue weighted by Crippen LogP contribution is 2.31. The van der Waals surface area contributed by atoms with Gasteiger partial charge in [-0.05, 0) is 55.4 Å². The molecule has 0 amide bonds. The van der Waals surface area contributed by atoms with Crippen LogP contribution in [0.15, 0.2) is 24.3 Å². The minimum atomic E-state index is -0.129. The molecule has 1 unspecified atom stereocenters. The normalized spacial score (nSPS) is 17.7. The summed E-state index contributed by atoms with van der Waals surface area (Å²) in [6, 6.07) is 8.09. The van der Waals surface area contributed by atoms with Crippen molar-refractivity contribution in [1.82, 2.24) is 30.0 Å². The summed E-state index contributed by atoms with van der Waals surface area (Å²) in [5.41, 5.74) is 1.05. The van der Waals surface area contributed by atoms with E-state index < -0.39 is 0 Å². The Morgan fingerprint density at radius 3 is 2.31 bits per heavy atom. The highest BCUT2D eigenvalue weighted by atomic mass is 35.5. The van der Waals surface area contributed by atoms with Crippen molar-refractivity contribution in [2.45, 2.75) is 38.8 Å². The Kier molecular flexibility index (Phi) is 7.02. The molecule has 1 aromatic carbocycles. The van der Waals surface area contributed by atoms with Crippen LogP contribution in [0.5, 0.6) is 0 Å². The lowest BCUT2D eigenvalue weighted by Crippen LogP contribution is -3.00. The average Bonchev–Trinajstić information content (AvgIpc) is 3.09. The third-order valence-electron chi connectivity index (χ3n) is 5.27. The van der Waals surface area contributed by atoms with Crippen LogP contribution in [0.25, 0.3) is 0 Å². The predicted octanol–water partition coefficient (Wildman–Crippen LogP) is -0.188. The Morgan fingerprint density at radius 1 is 1.12 bits per heavy atom. The Hall–Kier alpha value is -1.21. The van der Waals surface area contributed by atoms with Gasteiger partial charge in [-0.2, -0.15) is 0 Å². The van der Waals surface area contributed by atoms with Crippen molar-refractivity contribution in [3.05, 3.63) is 40.7 Å². The number of rotatable bonds is 5. The average molecular weight is 398 g/mol. The quantitative estimate of drug-likeness (QED) is 0.699. The first-order chi connectivity index (χ1) is 11.9. The van der Waals surface area contributed by atoms with Crippen LogP contribution in [0.3, 0.4) is 0 Å². The molecule has 6 nitrogen and oxygen atoms in total. The molecule has 1 fully saturated rings. The van der Waals surface area contributed by atoms with Crippen molar-refractivity contribution in [1.29, 1.82) is 0 Å². The summed E-state index contributed by atoms with van der Waals surface area (Å²) in [6.45, 7) is 10.6. The molecule has 3 rings (SSSR count). The van der Waals surface area contributed by atoms with E-state index in [2.05, 4.69) is 65.3 Å². The third-order valence-corrected chi connectivity index (χ3v) is 5.52. The Labute approximate surface area is 166 Å². The molecule has 0 bridgehead atoms. The Balaban J connectivity index is 0.00000243. The smallest absolute Gasteiger partial charge is 0.173 e. The van der Waals surface area contributed by atoms with Gasteiger partial charge in [0, 0.05) is 31.2 Å². The molecule has 1 saturated heterocycles. The highest BCUT2D eigenvalue weighted by Gasteiger charge is 2.33. The minimum absolute atomic E-state index is 0. The molecular formula is C18H27Cl2N6-. The predicted molar refractivity (Wildman–Crippen MR) is 99.8 cm³/mol. The number of likely N-dealkylation sites (N-methyl/N-ethyl adjacent to an activating group) is 1. The molecule has 0 saturated carbocycles. The fraction of sp³-hybridized carbons (Fsp3) is 0.611. The fourth-order valence-electron chi connectivity index (χ4n) is 3.19. The van der Waals surface area contributed by atoms with E-state index >= 15 is 0 Å². The van der Waals surface area contributed by atoms with Crippen LogP contribution in [-0.2, 0) is 5.54 Å². The van der Waals surface area contributed by atoms with Crippen LogP contribution >= 0.6 is 11.6 Å². The second-order valence-corrected chi connectivity index (χ2v) is 7.84. The summed E-state index contributed by atoms with van der Waals surface area (Å²) in [7, 11) is 2.17. The van der Waals surface area contributed by atoms with Crippen LogP contribution in [0.4, 0.5) is 0 Å². The van der Waals surface area contributed by atoms with Gasteiger partial charge in [0.25, 0.3) is 0 Å². The number of halogens is 2.